The number of benzene rings is 1. The average molecular weight is 292 g/mol. The van der Waals surface area contributed by atoms with Crippen molar-refractivity contribution in [1.29, 1.82) is 0 Å². The minimum Gasteiger partial charge on any atom is -0.478 e. The predicted molar refractivity (Wildman–Crippen MR) is 78.7 cm³/mol. The van der Waals surface area contributed by atoms with Crippen LogP contribution in [0, 0.1) is 6.92 Å². The van der Waals surface area contributed by atoms with E-state index in [2.05, 4.69) is 10.6 Å². The van der Waals surface area contributed by atoms with Gasteiger partial charge in [-0.25, -0.2) is 9.59 Å². The Kier molecular flexibility index (Phi) is 4.18. The topological polar surface area (TPSA) is 87.7 Å². The zero-order valence-electron chi connectivity index (χ0n) is 12.4. The van der Waals surface area contributed by atoms with Crippen LogP contribution in [0.4, 0.5) is 10.5 Å². The van der Waals surface area contributed by atoms with Crippen LogP contribution >= 0.6 is 0 Å². The number of ether oxygens (including phenoxy) is 1. The van der Waals surface area contributed by atoms with Crippen molar-refractivity contribution >= 4 is 17.7 Å². The molecule has 1 fully saturated rings. The highest BCUT2D eigenvalue weighted by Gasteiger charge is 2.38. The number of aryl methyl sites for hydroxylation is 1. The number of nitrogens with one attached hydrogen (secondary N) is 2. The van der Waals surface area contributed by atoms with Gasteiger partial charge in [0.1, 0.15) is 0 Å². The number of amides is 2. The molecule has 1 aromatic carbocycles. The van der Waals surface area contributed by atoms with Crippen molar-refractivity contribution in [2.45, 2.75) is 38.8 Å². The molecule has 0 aliphatic carbocycles. The summed E-state index contributed by atoms with van der Waals surface area (Å²) < 4.78 is 5.47. The quantitative estimate of drug-likeness (QED) is 0.798. The molecule has 1 heterocycles. The Hall–Kier alpha value is -2.08. The maximum absolute atomic E-state index is 12.1. The maximum atomic E-state index is 12.1. The van der Waals surface area contributed by atoms with Gasteiger partial charge in [0.15, 0.2) is 0 Å². The highest BCUT2D eigenvalue weighted by Crippen LogP contribution is 2.25. The molecule has 1 saturated heterocycles. The second-order valence-corrected chi connectivity index (χ2v) is 5.59. The number of carboxylic acids is 1. The van der Waals surface area contributed by atoms with Gasteiger partial charge in [0, 0.05) is 12.3 Å². The van der Waals surface area contributed by atoms with Gasteiger partial charge >= 0.3 is 12.0 Å². The summed E-state index contributed by atoms with van der Waals surface area (Å²) in [6, 6.07) is 4.27. The smallest absolute Gasteiger partial charge is 0.335 e. The van der Waals surface area contributed by atoms with Crippen molar-refractivity contribution in [3.63, 3.8) is 0 Å². The lowest BCUT2D eigenvalue weighted by molar-refractivity contribution is 0.0697. The Labute approximate surface area is 123 Å². The van der Waals surface area contributed by atoms with E-state index in [4.69, 9.17) is 9.84 Å². The molecule has 21 heavy (non-hydrogen) atoms. The van der Waals surface area contributed by atoms with Crippen molar-refractivity contribution in [3.8, 4) is 0 Å². The van der Waals surface area contributed by atoms with Gasteiger partial charge in [-0.05, 0) is 44.9 Å². The van der Waals surface area contributed by atoms with Crippen LogP contribution in [-0.4, -0.2) is 35.4 Å². The van der Waals surface area contributed by atoms with Crippen LogP contribution < -0.4 is 10.6 Å². The number of hydrogen-bond acceptors (Lipinski definition) is 3. The SMILES string of the molecule is Cc1ccc(C(=O)O)cc1NC(=O)NC1(C)CCOC1C. The number of anilines is 1. The molecule has 1 aliphatic rings. The fourth-order valence-corrected chi connectivity index (χ4v) is 2.30. The molecule has 0 bridgehead atoms. The van der Waals surface area contributed by atoms with Gasteiger partial charge < -0.3 is 20.5 Å². The van der Waals surface area contributed by atoms with Crippen molar-refractivity contribution in [2.24, 2.45) is 0 Å². The fraction of sp³-hybridized carbons (Fsp3) is 0.467. The molecule has 0 radical (unpaired) electrons. The van der Waals surface area contributed by atoms with Crippen LogP contribution in [0.3, 0.4) is 0 Å². The number of rotatable bonds is 3. The van der Waals surface area contributed by atoms with E-state index in [1.807, 2.05) is 20.8 Å². The Morgan fingerprint density at radius 1 is 1.43 bits per heavy atom. The predicted octanol–water partition coefficient (Wildman–Crippen LogP) is 2.38. The number of urea groups is 1. The largest absolute Gasteiger partial charge is 0.478 e. The fourth-order valence-electron chi connectivity index (χ4n) is 2.30. The van der Waals surface area contributed by atoms with E-state index in [0.717, 1.165) is 12.0 Å². The minimum atomic E-state index is -1.02. The third-order valence-electron chi connectivity index (χ3n) is 4.02. The minimum absolute atomic E-state index is 0.0605. The summed E-state index contributed by atoms with van der Waals surface area (Å²) in [7, 11) is 0. The Bertz CT molecular complexity index is 573. The Morgan fingerprint density at radius 3 is 2.71 bits per heavy atom. The van der Waals surface area contributed by atoms with E-state index in [0.29, 0.717) is 12.3 Å². The summed E-state index contributed by atoms with van der Waals surface area (Å²) in [4.78, 5) is 23.1. The second-order valence-electron chi connectivity index (χ2n) is 5.59. The van der Waals surface area contributed by atoms with Crippen molar-refractivity contribution < 1.29 is 19.4 Å². The number of hydrogen-bond donors (Lipinski definition) is 3. The summed E-state index contributed by atoms with van der Waals surface area (Å²) in [5.41, 5.74) is 1.01. The van der Waals surface area contributed by atoms with E-state index in [9.17, 15) is 9.59 Å². The van der Waals surface area contributed by atoms with Gasteiger partial charge in [0.2, 0.25) is 0 Å². The molecule has 2 atom stereocenters. The van der Waals surface area contributed by atoms with E-state index in [1.165, 1.54) is 12.1 Å². The molecule has 2 amide bonds. The summed E-state index contributed by atoms with van der Waals surface area (Å²) in [6.07, 6.45) is 0.685. The van der Waals surface area contributed by atoms with Crippen LogP contribution in [0.25, 0.3) is 0 Å². The first-order valence-corrected chi connectivity index (χ1v) is 6.86. The molecule has 6 heteroatoms. The highest BCUT2D eigenvalue weighted by molar-refractivity contribution is 5.94. The van der Waals surface area contributed by atoms with E-state index in [1.54, 1.807) is 6.07 Å². The van der Waals surface area contributed by atoms with Crippen LogP contribution in [0.15, 0.2) is 18.2 Å². The number of carbonyl (C=O) groups is 2. The standard InChI is InChI=1S/C15H20N2O4/c1-9-4-5-11(13(18)19)8-12(9)16-14(20)17-15(3)6-7-21-10(15)2/h4-5,8,10H,6-7H2,1-3H3,(H,18,19)(H2,16,17,20). The first kappa shape index (κ1) is 15.3. The molecule has 0 saturated carbocycles. The van der Waals surface area contributed by atoms with Crippen LogP contribution in [0.2, 0.25) is 0 Å². The van der Waals surface area contributed by atoms with E-state index >= 15 is 0 Å². The van der Waals surface area contributed by atoms with Gasteiger partial charge in [-0.1, -0.05) is 6.07 Å². The molecule has 1 aliphatic heterocycles. The summed E-state index contributed by atoms with van der Waals surface area (Å²) in [5, 5.41) is 14.6. The van der Waals surface area contributed by atoms with Crippen molar-refractivity contribution in [3.05, 3.63) is 29.3 Å². The lowest BCUT2D eigenvalue weighted by atomic mass is 9.95. The Balaban J connectivity index is 2.09. The molecular weight excluding hydrogens is 272 g/mol. The summed E-state index contributed by atoms with van der Waals surface area (Å²) in [5.74, 6) is -1.02. The third kappa shape index (κ3) is 3.33. The number of carboxylic acid groups (broad SMARTS) is 1. The first-order valence-electron chi connectivity index (χ1n) is 6.86. The molecule has 0 aromatic heterocycles. The average Bonchev–Trinajstić information content (AvgIpc) is 2.71. The second kappa shape index (κ2) is 5.73. The maximum Gasteiger partial charge on any atom is 0.335 e. The van der Waals surface area contributed by atoms with Crippen LogP contribution in [0.1, 0.15) is 36.2 Å². The number of carbonyl (C=O) groups excluding carboxylic acids is 1. The zero-order chi connectivity index (χ0) is 15.6. The molecule has 6 nitrogen and oxygen atoms in total. The molecule has 2 rings (SSSR count). The molecule has 2 unspecified atom stereocenters. The lowest BCUT2D eigenvalue weighted by Gasteiger charge is -2.29. The van der Waals surface area contributed by atoms with Gasteiger partial charge in [-0.2, -0.15) is 0 Å². The molecular formula is C15H20N2O4. The normalized spacial score (nSPS) is 24.6. The summed E-state index contributed by atoms with van der Waals surface area (Å²) >= 11 is 0. The van der Waals surface area contributed by atoms with Gasteiger partial charge in [-0.15, -0.1) is 0 Å². The zero-order valence-corrected chi connectivity index (χ0v) is 12.4. The van der Waals surface area contributed by atoms with Gasteiger partial charge in [0.05, 0.1) is 17.2 Å². The van der Waals surface area contributed by atoms with Crippen molar-refractivity contribution in [2.75, 3.05) is 11.9 Å². The van der Waals surface area contributed by atoms with Crippen molar-refractivity contribution in [1.82, 2.24) is 5.32 Å². The summed E-state index contributed by atoms with van der Waals surface area (Å²) in [6.45, 7) is 6.28. The molecule has 1 aromatic rings. The van der Waals surface area contributed by atoms with Crippen LogP contribution in [0.5, 0.6) is 0 Å². The third-order valence-corrected chi connectivity index (χ3v) is 4.02. The molecule has 0 spiro atoms. The van der Waals surface area contributed by atoms with Gasteiger partial charge in [0.25, 0.3) is 0 Å². The van der Waals surface area contributed by atoms with Crippen LogP contribution in [-0.2, 0) is 4.74 Å². The highest BCUT2D eigenvalue weighted by atomic mass is 16.5. The van der Waals surface area contributed by atoms with Gasteiger partial charge in [-0.3, -0.25) is 0 Å². The number of aromatic carboxylic acids is 1. The molecule has 114 valence electrons. The van der Waals surface area contributed by atoms with E-state index < -0.39 is 11.5 Å². The molecule has 3 N–H and O–H groups in total. The lowest BCUT2D eigenvalue weighted by Crippen LogP contribution is -2.52. The monoisotopic (exact) mass is 292 g/mol. The van der Waals surface area contributed by atoms with E-state index in [-0.39, 0.29) is 17.7 Å². The Morgan fingerprint density at radius 2 is 2.14 bits per heavy atom. The first-order chi connectivity index (χ1) is 9.82.